The molecule has 0 amide bonds. The molecule has 0 radical (unpaired) electrons. The molecule has 0 atom stereocenters. The van der Waals surface area contributed by atoms with Gasteiger partial charge >= 0.3 is 0 Å². The SMILES string of the molecule is O=S(=O)(O)c1cc(O)c2c(NS(=O)(=O)c3ccc4cc(O)ccc4c3)ccc(S(=O)(=O)O)c2c1. The Balaban J connectivity index is 1.92. The fourth-order valence-electron chi connectivity index (χ4n) is 3.45. The molecule has 5 N–H and O–H groups in total. The van der Waals surface area contributed by atoms with Gasteiger partial charge in [-0.05, 0) is 53.2 Å². The van der Waals surface area contributed by atoms with Gasteiger partial charge in [0.25, 0.3) is 30.3 Å². The molecule has 0 aromatic heterocycles. The van der Waals surface area contributed by atoms with Crippen LogP contribution in [-0.4, -0.2) is 44.6 Å². The molecule has 4 rings (SSSR count). The summed E-state index contributed by atoms with van der Waals surface area (Å²) < 4.78 is 93.7. The Morgan fingerprint density at radius 3 is 1.94 bits per heavy atom. The molecule has 34 heavy (non-hydrogen) atoms. The highest BCUT2D eigenvalue weighted by atomic mass is 32.2. The first-order valence-corrected chi connectivity index (χ1v) is 13.5. The van der Waals surface area contributed by atoms with Crippen LogP contribution in [0.2, 0.25) is 0 Å². The van der Waals surface area contributed by atoms with Crippen LogP contribution in [0.25, 0.3) is 21.5 Å². The molecular weight excluding hydrogens is 510 g/mol. The van der Waals surface area contributed by atoms with Crippen molar-refractivity contribution < 1.29 is 44.6 Å². The van der Waals surface area contributed by atoms with Crippen molar-refractivity contribution in [2.24, 2.45) is 0 Å². The molecule has 0 heterocycles. The van der Waals surface area contributed by atoms with Gasteiger partial charge in [0, 0.05) is 16.8 Å². The Labute approximate surface area is 193 Å². The molecule has 0 spiro atoms. The summed E-state index contributed by atoms with van der Waals surface area (Å²) in [6, 6.07) is 11.4. The van der Waals surface area contributed by atoms with Gasteiger partial charge in [0.05, 0.1) is 15.5 Å². The molecule has 0 aliphatic heterocycles. The summed E-state index contributed by atoms with van der Waals surface area (Å²) >= 11 is 0. The van der Waals surface area contributed by atoms with E-state index in [1.165, 1.54) is 36.4 Å². The third kappa shape index (κ3) is 4.36. The van der Waals surface area contributed by atoms with Crippen molar-refractivity contribution in [1.82, 2.24) is 0 Å². The number of phenols is 2. The summed E-state index contributed by atoms with van der Waals surface area (Å²) in [4.78, 5) is -1.90. The van der Waals surface area contributed by atoms with E-state index in [0.29, 0.717) is 22.9 Å². The lowest BCUT2D eigenvalue weighted by atomic mass is 10.1. The minimum Gasteiger partial charge on any atom is -0.508 e. The number of rotatable bonds is 5. The number of hydrogen-bond acceptors (Lipinski definition) is 8. The second-order valence-corrected chi connectivity index (χ2v) is 11.7. The maximum Gasteiger partial charge on any atom is 0.295 e. The van der Waals surface area contributed by atoms with Gasteiger partial charge in [-0.25, -0.2) is 8.42 Å². The molecule has 0 saturated carbocycles. The van der Waals surface area contributed by atoms with E-state index < -0.39 is 56.6 Å². The van der Waals surface area contributed by atoms with Gasteiger partial charge in [-0.3, -0.25) is 13.8 Å². The lowest BCUT2D eigenvalue weighted by Gasteiger charge is -2.15. The van der Waals surface area contributed by atoms with Crippen molar-refractivity contribution in [2.45, 2.75) is 14.7 Å². The fourth-order valence-corrected chi connectivity index (χ4v) is 5.76. The lowest BCUT2D eigenvalue weighted by molar-refractivity contribution is 0.470. The molecule has 0 saturated heterocycles. The Morgan fingerprint density at radius 1 is 0.647 bits per heavy atom. The number of fused-ring (bicyclic) bond motifs is 2. The van der Waals surface area contributed by atoms with Gasteiger partial charge in [-0.2, -0.15) is 16.8 Å². The molecule has 0 bridgehead atoms. The summed E-state index contributed by atoms with van der Waals surface area (Å²) in [6.07, 6.45) is 0. The predicted octanol–water partition coefficient (Wildman–Crippen LogP) is 2.70. The van der Waals surface area contributed by atoms with Crippen molar-refractivity contribution >= 4 is 57.5 Å². The van der Waals surface area contributed by atoms with E-state index in [-0.39, 0.29) is 16.3 Å². The van der Waals surface area contributed by atoms with Gasteiger partial charge in [-0.1, -0.05) is 12.1 Å². The topological polar surface area (TPSA) is 195 Å². The van der Waals surface area contributed by atoms with Gasteiger partial charge in [-0.15, -0.1) is 0 Å². The molecule has 0 aliphatic rings. The van der Waals surface area contributed by atoms with E-state index in [1.807, 2.05) is 0 Å². The molecular formula is C20H15NO10S3. The monoisotopic (exact) mass is 525 g/mol. The van der Waals surface area contributed by atoms with Crippen molar-refractivity contribution in [2.75, 3.05) is 4.72 Å². The number of sulfonamides is 1. The first-order valence-electron chi connectivity index (χ1n) is 9.17. The predicted molar refractivity (Wildman–Crippen MR) is 122 cm³/mol. The highest BCUT2D eigenvalue weighted by Crippen LogP contribution is 2.39. The van der Waals surface area contributed by atoms with E-state index >= 15 is 0 Å². The van der Waals surface area contributed by atoms with Gasteiger partial charge < -0.3 is 10.2 Å². The number of hydrogen-bond donors (Lipinski definition) is 5. The Morgan fingerprint density at radius 2 is 1.29 bits per heavy atom. The quantitative estimate of drug-likeness (QED) is 0.242. The zero-order valence-corrected chi connectivity index (χ0v) is 19.2. The molecule has 4 aromatic carbocycles. The van der Waals surface area contributed by atoms with Crippen LogP contribution in [0, 0.1) is 0 Å². The molecule has 178 valence electrons. The highest BCUT2D eigenvalue weighted by molar-refractivity contribution is 7.92. The standard InChI is InChI=1S/C20H15NO10S3/c22-13-3-1-12-8-14(4-2-11(12)7-13)32(24,25)21-17-5-6-19(34(29,30)31)16-9-15(33(26,27)28)10-18(23)20(16)17/h1-10,21-23H,(H,26,27,28)(H,29,30,31). The third-order valence-electron chi connectivity index (χ3n) is 4.95. The van der Waals surface area contributed by atoms with Crippen LogP contribution in [0.1, 0.15) is 0 Å². The van der Waals surface area contributed by atoms with Gasteiger partial charge in [0.2, 0.25) is 0 Å². The molecule has 4 aromatic rings. The Bertz CT molecular complexity index is 1810. The smallest absolute Gasteiger partial charge is 0.295 e. The average molecular weight is 526 g/mol. The van der Waals surface area contributed by atoms with Crippen molar-refractivity contribution in [3.05, 3.63) is 60.7 Å². The van der Waals surface area contributed by atoms with Crippen LogP contribution in [0.5, 0.6) is 11.5 Å². The maximum atomic E-state index is 13.0. The van der Waals surface area contributed by atoms with Crippen LogP contribution in [-0.2, 0) is 30.3 Å². The van der Waals surface area contributed by atoms with E-state index in [4.69, 9.17) is 0 Å². The minimum atomic E-state index is -4.93. The number of phenolic OH excluding ortho intramolecular Hbond substituents is 2. The molecule has 11 nitrogen and oxygen atoms in total. The molecule has 0 aliphatic carbocycles. The first-order chi connectivity index (χ1) is 15.7. The second-order valence-electron chi connectivity index (χ2n) is 7.23. The van der Waals surface area contributed by atoms with Crippen molar-refractivity contribution in [1.29, 1.82) is 0 Å². The van der Waals surface area contributed by atoms with E-state index in [1.54, 1.807) is 0 Å². The van der Waals surface area contributed by atoms with Crippen LogP contribution >= 0.6 is 0 Å². The Hall–Kier alpha value is -3.43. The summed E-state index contributed by atoms with van der Waals surface area (Å²) in [5, 5.41) is 20.0. The van der Waals surface area contributed by atoms with E-state index in [0.717, 1.165) is 12.1 Å². The van der Waals surface area contributed by atoms with Crippen LogP contribution < -0.4 is 4.72 Å². The normalized spacial score (nSPS) is 12.8. The zero-order valence-electron chi connectivity index (χ0n) is 16.7. The number of aromatic hydroxyl groups is 2. The van der Waals surface area contributed by atoms with Crippen molar-refractivity contribution in [3.63, 3.8) is 0 Å². The molecule has 0 fully saturated rings. The summed E-state index contributed by atoms with van der Waals surface area (Å²) in [5.41, 5.74) is -0.326. The fraction of sp³-hybridized carbons (Fsp3) is 0. The van der Waals surface area contributed by atoms with E-state index in [9.17, 15) is 44.6 Å². The zero-order chi connectivity index (χ0) is 25.1. The van der Waals surface area contributed by atoms with Gasteiger partial charge in [0.1, 0.15) is 16.4 Å². The van der Waals surface area contributed by atoms with Crippen molar-refractivity contribution in [3.8, 4) is 11.5 Å². The number of nitrogens with one attached hydrogen (secondary N) is 1. The van der Waals surface area contributed by atoms with Crippen LogP contribution in [0.15, 0.2) is 75.4 Å². The summed E-state index contributed by atoms with van der Waals surface area (Å²) in [5.74, 6) is -0.881. The minimum absolute atomic E-state index is 0.00800. The Kier molecular flexibility index (Phi) is 5.45. The third-order valence-corrected chi connectivity index (χ3v) is 8.06. The average Bonchev–Trinajstić information content (AvgIpc) is 2.71. The maximum absolute atomic E-state index is 13.0. The largest absolute Gasteiger partial charge is 0.508 e. The van der Waals surface area contributed by atoms with Crippen LogP contribution in [0.4, 0.5) is 5.69 Å². The second kappa shape index (κ2) is 7.82. The lowest BCUT2D eigenvalue weighted by Crippen LogP contribution is -2.14. The van der Waals surface area contributed by atoms with Gasteiger partial charge in [0.15, 0.2) is 0 Å². The van der Waals surface area contributed by atoms with Crippen LogP contribution in [0.3, 0.4) is 0 Å². The number of benzene rings is 4. The first kappa shape index (κ1) is 23.7. The van der Waals surface area contributed by atoms with E-state index in [2.05, 4.69) is 4.72 Å². The number of anilines is 1. The summed E-state index contributed by atoms with van der Waals surface area (Å²) in [6.45, 7) is 0. The summed E-state index contributed by atoms with van der Waals surface area (Å²) in [7, 11) is -14.1. The molecule has 0 unspecified atom stereocenters. The molecule has 14 heteroatoms. The highest BCUT2D eigenvalue weighted by Gasteiger charge is 2.24.